The predicted molar refractivity (Wildman–Crippen MR) is 54.2 cm³/mol. The summed E-state index contributed by atoms with van der Waals surface area (Å²) in [5, 5.41) is 9.23. The summed E-state index contributed by atoms with van der Waals surface area (Å²) in [5.74, 6) is -0.297. The van der Waals surface area contributed by atoms with E-state index in [1.54, 1.807) is 6.07 Å². The van der Waals surface area contributed by atoms with Crippen LogP contribution in [0.15, 0.2) is 24.3 Å². The quantitative estimate of drug-likeness (QED) is 0.839. The van der Waals surface area contributed by atoms with Crippen molar-refractivity contribution in [2.24, 2.45) is 5.73 Å². The number of para-hydroxylation sites is 1. The molecule has 0 aromatic heterocycles. The Balaban J connectivity index is 2.28. The molecule has 0 atom stereocenters. The summed E-state index contributed by atoms with van der Waals surface area (Å²) >= 11 is 0. The van der Waals surface area contributed by atoms with Crippen LogP contribution in [0.2, 0.25) is 0 Å². The van der Waals surface area contributed by atoms with Gasteiger partial charge in [0.1, 0.15) is 5.75 Å². The standard InChI is InChI=1S/C11H12F3NO2/c12-11(13,14)17-9-4-2-1-3-8(9)10(15)5-7(16)6-10/h1-4,7,16H,5-6,15H2. The van der Waals surface area contributed by atoms with Crippen molar-refractivity contribution in [1.82, 2.24) is 0 Å². The van der Waals surface area contributed by atoms with Gasteiger partial charge in [-0.2, -0.15) is 0 Å². The Hall–Kier alpha value is -1.27. The zero-order valence-corrected chi connectivity index (χ0v) is 8.87. The molecule has 0 bridgehead atoms. The van der Waals surface area contributed by atoms with Crippen LogP contribution in [-0.4, -0.2) is 17.6 Å². The molecule has 0 heterocycles. The topological polar surface area (TPSA) is 55.5 Å². The second-order valence-electron chi connectivity index (χ2n) is 4.26. The Morgan fingerprint density at radius 3 is 2.41 bits per heavy atom. The van der Waals surface area contributed by atoms with Gasteiger partial charge in [0.15, 0.2) is 0 Å². The lowest BCUT2D eigenvalue weighted by atomic mass is 9.70. The van der Waals surface area contributed by atoms with E-state index in [-0.39, 0.29) is 24.2 Å². The maximum atomic E-state index is 12.2. The molecule has 17 heavy (non-hydrogen) atoms. The third kappa shape index (κ3) is 2.53. The van der Waals surface area contributed by atoms with Crippen molar-refractivity contribution in [2.75, 3.05) is 0 Å². The van der Waals surface area contributed by atoms with Crippen LogP contribution in [0.25, 0.3) is 0 Å². The van der Waals surface area contributed by atoms with Crippen LogP contribution in [0.4, 0.5) is 13.2 Å². The minimum atomic E-state index is -4.74. The lowest BCUT2D eigenvalue weighted by molar-refractivity contribution is -0.275. The molecule has 94 valence electrons. The van der Waals surface area contributed by atoms with Gasteiger partial charge in [-0.25, -0.2) is 0 Å². The van der Waals surface area contributed by atoms with Gasteiger partial charge >= 0.3 is 6.36 Å². The Morgan fingerprint density at radius 2 is 1.88 bits per heavy atom. The van der Waals surface area contributed by atoms with Crippen LogP contribution in [0, 0.1) is 0 Å². The van der Waals surface area contributed by atoms with E-state index in [1.807, 2.05) is 0 Å². The summed E-state index contributed by atoms with van der Waals surface area (Å²) in [6, 6.07) is 5.76. The molecule has 0 spiro atoms. The molecule has 0 radical (unpaired) electrons. The number of ether oxygens (including phenoxy) is 1. The summed E-state index contributed by atoms with van der Waals surface area (Å²) in [5.41, 5.74) is 5.28. The number of halogens is 3. The maximum absolute atomic E-state index is 12.2. The second kappa shape index (κ2) is 3.89. The van der Waals surface area contributed by atoms with E-state index in [0.717, 1.165) is 0 Å². The van der Waals surface area contributed by atoms with Gasteiger partial charge in [-0.15, -0.1) is 13.2 Å². The second-order valence-corrected chi connectivity index (χ2v) is 4.26. The van der Waals surface area contributed by atoms with Gasteiger partial charge < -0.3 is 15.6 Å². The lowest BCUT2D eigenvalue weighted by Gasteiger charge is -2.43. The summed E-state index contributed by atoms with van der Waals surface area (Å²) < 4.78 is 40.5. The Morgan fingerprint density at radius 1 is 1.29 bits per heavy atom. The average Bonchev–Trinajstić information content (AvgIpc) is 2.13. The fraction of sp³-hybridized carbons (Fsp3) is 0.455. The molecule has 1 aliphatic carbocycles. The third-order valence-corrected chi connectivity index (χ3v) is 2.85. The first-order valence-corrected chi connectivity index (χ1v) is 5.12. The van der Waals surface area contributed by atoms with E-state index < -0.39 is 18.0 Å². The van der Waals surface area contributed by atoms with Crippen LogP contribution in [0.1, 0.15) is 18.4 Å². The average molecular weight is 247 g/mol. The molecular formula is C11H12F3NO2. The predicted octanol–water partition coefficient (Wildman–Crippen LogP) is 1.89. The van der Waals surface area contributed by atoms with Crippen LogP contribution in [0.3, 0.4) is 0 Å². The van der Waals surface area contributed by atoms with E-state index >= 15 is 0 Å². The minimum absolute atomic E-state index is 0.241. The first kappa shape index (κ1) is 12.2. The summed E-state index contributed by atoms with van der Waals surface area (Å²) in [7, 11) is 0. The Bertz CT molecular complexity index is 413. The van der Waals surface area contributed by atoms with Crippen molar-refractivity contribution < 1.29 is 23.0 Å². The van der Waals surface area contributed by atoms with Gasteiger partial charge in [-0.3, -0.25) is 0 Å². The van der Waals surface area contributed by atoms with Gasteiger partial charge in [0.25, 0.3) is 0 Å². The van der Waals surface area contributed by atoms with Crippen molar-refractivity contribution in [1.29, 1.82) is 0 Å². The smallest absolute Gasteiger partial charge is 0.405 e. The van der Waals surface area contributed by atoms with Gasteiger partial charge in [0.2, 0.25) is 0 Å². The monoisotopic (exact) mass is 247 g/mol. The Labute approximate surface area is 96.0 Å². The van der Waals surface area contributed by atoms with E-state index in [1.165, 1.54) is 18.2 Å². The van der Waals surface area contributed by atoms with Crippen LogP contribution in [0.5, 0.6) is 5.75 Å². The number of aliphatic hydroxyl groups is 1. The van der Waals surface area contributed by atoms with E-state index in [4.69, 9.17) is 5.73 Å². The van der Waals surface area contributed by atoms with Crippen LogP contribution >= 0.6 is 0 Å². The van der Waals surface area contributed by atoms with E-state index in [0.29, 0.717) is 0 Å². The largest absolute Gasteiger partial charge is 0.573 e. The highest BCUT2D eigenvalue weighted by Gasteiger charge is 2.44. The molecule has 1 fully saturated rings. The molecule has 0 saturated heterocycles. The highest BCUT2D eigenvalue weighted by Crippen LogP contribution is 2.43. The number of rotatable bonds is 2. The zero-order chi connectivity index (χ0) is 12.7. The number of benzene rings is 1. The molecule has 1 aromatic rings. The summed E-state index contributed by atoms with van der Waals surface area (Å²) in [4.78, 5) is 0. The normalized spacial score (nSPS) is 28.6. The molecule has 3 nitrogen and oxygen atoms in total. The number of hydrogen-bond acceptors (Lipinski definition) is 3. The summed E-state index contributed by atoms with van der Waals surface area (Å²) in [6.45, 7) is 0. The molecule has 0 amide bonds. The van der Waals surface area contributed by atoms with Gasteiger partial charge in [0, 0.05) is 11.1 Å². The van der Waals surface area contributed by atoms with E-state index in [2.05, 4.69) is 4.74 Å². The number of nitrogens with two attached hydrogens (primary N) is 1. The fourth-order valence-electron chi connectivity index (χ4n) is 2.09. The van der Waals surface area contributed by atoms with Crippen LogP contribution < -0.4 is 10.5 Å². The highest BCUT2D eigenvalue weighted by molar-refractivity contribution is 5.41. The molecule has 0 aliphatic heterocycles. The number of alkyl halides is 3. The van der Waals surface area contributed by atoms with Crippen molar-refractivity contribution in [3.8, 4) is 5.75 Å². The molecule has 1 aromatic carbocycles. The van der Waals surface area contributed by atoms with Crippen molar-refractivity contribution in [2.45, 2.75) is 30.8 Å². The van der Waals surface area contributed by atoms with Gasteiger partial charge in [-0.05, 0) is 18.9 Å². The third-order valence-electron chi connectivity index (χ3n) is 2.85. The van der Waals surface area contributed by atoms with E-state index in [9.17, 15) is 18.3 Å². The van der Waals surface area contributed by atoms with Crippen molar-refractivity contribution in [3.05, 3.63) is 29.8 Å². The first-order chi connectivity index (χ1) is 7.80. The molecule has 0 unspecified atom stereocenters. The van der Waals surface area contributed by atoms with Gasteiger partial charge in [0.05, 0.1) is 6.10 Å². The summed E-state index contributed by atoms with van der Waals surface area (Å²) in [6.07, 6.45) is -4.82. The zero-order valence-electron chi connectivity index (χ0n) is 8.87. The molecule has 1 saturated carbocycles. The van der Waals surface area contributed by atoms with Crippen molar-refractivity contribution >= 4 is 0 Å². The molecule has 2 rings (SSSR count). The fourth-order valence-corrected chi connectivity index (χ4v) is 2.09. The Kier molecular flexibility index (Phi) is 2.79. The molecule has 6 heteroatoms. The molecular weight excluding hydrogens is 235 g/mol. The van der Waals surface area contributed by atoms with Gasteiger partial charge in [-0.1, -0.05) is 18.2 Å². The van der Waals surface area contributed by atoms with Crippen LogP contribution in [-0.2, 0) is 5.54 Å². The minimum Gasteiger partial charge on any atom is -0.405 e. The molecule has 1 aliphatic rings. The molecule has 3 N–H and O–H groups in total. The number of hydrogen-bond donors (Lipinski definition) is 2. The van der Waals surface area contributed by atoms with Crippen molar-refractivity contribution in [3.63, 3.8) is 0 Å². The number of aliphatic hydroxyl groups excluding tert-OH is 1. The SMILES string of the molecule is NC1(c2ccccc2OC(F)(F)F)CC(O)C1. The maximum Gasteiger partial charge on any atom is 0.573 e. The highest BCUT2D eigenvalue weighted by atomic mass is 19.4. The lowest BCUT2D eigenvalue weighted by Crippen LogP contribution is -2.51. The first-order valence-electron chi connectivity index (χ1n) is 5.12.